The molecule has 0 saturated heterocycles. The van der Waals surface area contributed by atoms with E-state index in [1.54, 1.807) is 12.3 Å². The van der Waals surface area contributed by atoms with E-state index < -0.39 is 0 Å². The first-order valence-electron chi connectivity index (χ1n) is 7.89. The number of hydrogen-bond donors (Lipinski definition) is 1. The number of rotatable bonds is 5. The molecule has 0 radical (unpaired) electrons. The first-order chi connectivity index (χ1) is 11.1. The Labute approximate surface area is 136 Å². The normalized spacial score (nSPS) is 13.3. The van der Waals surface area contributed by atoms with Crippen LogP contribution in [0.15, 0.2) is 42.6 Å². The highest BCUT2D eigenvalue weighted by atomic mass is 16.1. The van der Waals surface area contributed by atoms with E-state index in [0.717, 1.165) is 25.2 Å². The molecule has 1 N–H and O–H groups in total. The molecule has 1 aliphatic rings. The number of fused-ring (bicyclic) bond motifs is 1. The zero-order valence-corrected chi connectivity index (χ0v) is 13.6. The van der Waals surface area contributed by atoms with Crippen LogP contribution >= 0.6 is 0 Å². The van der Waals surface area contributed by atoms with Crippen molar-refractivity contribution >= 4 is 17.3 Å². The standard InChI is InChI=1S/C18H22N4O/c1-21(2)12-10-19-18(23)16-8-7-15(13-20-16)22-11-9-14-5-3-4-6-17(14)22/h3-8,13H,9-12H2,1-2H3,(H,19,23). The van der Waals surface area contributed by atoms with Crippen LogP contribution in [0.3, 0.4) is 0 Å². The molecule has 2 heterocycles. The van der Waals surface area contributed by atoms with Crippen LogP contribution in [0, 0.1) is 0 Å². The van der Waals surface area contributed by atoms with Crippen LogP contribution in [-0.4, -0.2) is 49.5 Å². The zero-order chi connectivity index (χ0) is 16.2. The van der Waals surface area contributed by atoms with Gasteiger partial charge in [0.1, 0.15) is 5.69 Å². The summed E-state index contributed by atoms with van der Waals surface area (Å²) in [5, 5.41) is 2.88. The molecule has 120 valence electrons. The maximum Gasteiger partial charge on any atom is 0.269 e. The highest BCUT2D eigenvalue weighted by Gasteiger charge is 2.20. The van der Waals surface area contributed by atoms with Crippen molar-refractivity contribution < 1.29 is 4.79 Å². The van der Waals surface area contributed by atoms with Gasteiger partial charge in [0.2, 0.25) is 0 Å². The molecule has 0 spiro atoms. The number of hydrogen-bond acceptors (Lipinski definition) is 4. The van der Waals surface area contributed by atoms with Crippen molar-refractivity contribution in [1.29, 1.82) is 0 Å². The van der Waals surface area contributed by atoms with Gasteiger partial charge in [0.25, 0.3) is 5.91 Å². The number of para-hydroxylation sites is 1. The van der Waals surface area contributed by atoms with Crippen LogP contribution in [-0.2, 0) is 6.42 Å². The van der Waals surface area contributed by atoms with Crippen LogP contribution in [0.25, 0.3) is 0 Å². The third kappa shape index (κ3) is 3.51. The lowest BCUT2D eigenvalue weighted by atomic mass is 10.2. The molecule has 1 aliphatic heterocycles. The average molecular weight is 310 g/mol. The molecule has 0 atom stereocenters. The van der Waals surface area contributed by atoms with Gasteiger partial charge >= 0.3 is 0 Å². The average Bonchev–Trinajstić information content (AvgIpc) is 2.98. The van der Waals surface area contributed by atoms with E-state index in [2.05, 4.69) is 39.5 Å². The lowest BCUT2D eigenvalue weighted by Crippen LogP contribution is -2.31. The molecule has 23 heavy (non-hydrogen) atoms. The SMILES string of the molecule is CN(C)CCNC(=O)c1ccc(N2CCc3ccccc32)cn1. The van der Waals surface area contributed by atoms with Crippen LogP contribution in [0.4, 0.5) is 11.4 Å². The molecule has 5 nitrogen and oxygen atoms in total. The number of anilines is 2. The molecule has 2 aromatic rings. The van der Waals surface area contributed by atoms with E-state index in [4.69, 9.17) is 0 Å². The Bertz CT molecular complexity index is 682. The van der Waals surface area contributed by atoms with Crippen molar-refractivity contribution in [3.8, 4) is 0 Å². The molecule has 5 heteroatoms. The van der Waals surface area contributed by atoms with Gasteiger partial charge in [0.15, 0.2) is 0 Å². The quantitative estimate of drug-likeness (QED) is 0.918. The van der Waals surface area contributed by atoms with E-state index >= 15 is 0 Å². The maximum absolute atomic E-state index is 12.1. The molecule has 0 fully saturated rings. The zero-order valence-electron chi connectivity index (χ0n) is 13.6. The lowest BCUT2D eigenvalue weighted by Gasteiger charge is -2.19. The van der Waals surface area contributed by atoms with Gasteiger partial charge in [0, 0.05) is 25.3 Å². The monoisotopic (exact) mass is 310 g/mol. The molecule has 3 rings (SSSR count). The summed E-state index contributed by atoms with van der Waals surface area (Å²) in [6.07, 6.45) is 2.83. The molecular weight excluding hydrogens is 288 g/mol. The number of nitrogens with zero attached hydrogens (tertiary/aromatic N) is 3. The van der Waals surface area contributed by atoms with Crippen molar-refractivity contribution in [1.82, 2.24) is 15.2 Å². The van der Waals surface area contributed by atoms with Crippen molar-refractivity contribution in [2.45, 2.75) is 6.42 Å². The summed E-state index contributed by atoms with van der Waals surface area (Å²) in [6, 6.07) is 12.2. The van der Waals surface area contributed by atoms with E-state index in [1.807, 2.05) is 25.1 Å². The first kappa shape index (κ1) is 15.5. The second kappa shape index (κ2) is 6.79. The van der Waals surface area contributed by atoms with Gasteiger partial charge in [-0.25, -0.2) is 4.98 Å². The Kier molecular flexibility index (Phi) is 4.57. The highest BCUT2D eigenvalue weighted by Crippen LogP contribution is 2.33. The Hall–Kier alpha value is -2.40. The number of aromatic nitrogens is 1. The number of likely N-dealkylation sites (N-methyl/N-ethyl adjacent to an activating group) is 1. The van der Waals surface area contributed by atoms with Gasteiger partial charge in [-0.1, -0.05) is 18.2 Å². The number of carbonyl (C=O) groups is 1. The number of pyridine rings is 1. The van der Waals surface area contributed by atoms with E-state index in [1.165, 1.54) is 11.3 Å². The molecule has 0 saturated carbocycles. The fraction of sp³-hybridized carbons (Fsp3) is 0.333. The van der Waals surface area contributed by atoms with Gasteiger partial charge in [0.05, 0.1) is 11.9 Å². The summed E-state index contributed by atoms with van der Waals surface area (Å²) in [4.78, 5) is 20.7. The molecule has 1 amide bonds. The summed E-state index contributed by atoms with van der Waals surface area (Å²) in [5.74, 6) is -0.125. The van der Waals surface area contributed by atoms with Gasteiger partial charge in [-0.15, -0.1) is 0 Å². The van der Waals surface area contributed by atoms with Crippen LogP contribution in [0.5, 0.6) is 0 Å². The molecular formula is C18H22N4O. The van der Waals surface area contributed by atoms with Gasteiger partial charge < -0.3 is 15.1 Å². The summed E-state index contributed by atoms with van der Waals surface area (Å²) >= 11 is 0. The third-order valence-corrected chi connectivity index (χ3v) is 4.02. The minimum Gasteiger partial charge on any atom is -0.349 e. The Morgan fingerprint density at radius 3 is 2.83 bits per heavy atom. The predicted octanol–water partition coefficient (Wildman–Crippen LogP) is 2.07. The Morgan fingerprint density at radius 2 is 2.09 bits per heavy atom. The number of amides is 1. The van der Waals surface area contributed by atoms with Gasteiger partial charge in [-0.3, -0.25) is 4.79 Å². The van der Waals surface area contributed by atoms with E-state index in [0.29, 0.717) is 12.2 Å². The fourth-order valence-corrected chi connectivity index (χ4v) is 2.77. The van der Waals surface area contributed by atoms with Gasteiger partial charge in [-0.2, -0.15) is 0 Å². The maximum atomic E-state index is 12.1. The van der Waals surface area contributed by atoms with Crippen LogP contribution < -0.4 is 10.2 Å². The number of carbonyl (C=O) groups excluding carboxylic acids is 1. The Balaban J connectivity index is 1.67. The summed E-state index contributed by atoms with van der Waals surface area (Å²) < 4.78 is 0. The number of benzene rings is 1. The fourth-order valence-electron chi connectivity index (χ4n) is 2.77. The summed E-state index contributed by atoms with van der Waals surface area (Å²) in [6.45, 7) is 2.39. The van der Waals surface area contributed by atoms with Gasteiger partial charge in [-0.05, 0) is 44.3 Å². The summed E-state index contributed by atoms with van der Waals surface area (Å²) in [5.41, 5.74) is 4.08. The van der Waals surface area contributed by atoms with Crippen molar-refractivity contribution in [3.63, 3.8) is 0 Å². The third-order valence-electron chi connectivity index (χ3n) is 4.02. The van der Waals surface area contributed by atoms with E-state index in [-0.39, 0.29) is 5.91 Å². The van der Waals surface area contributed by atoms with Crippen LogP contribution in [0.1, 0.15) is 16.1 Å². The Morgan fingerprint density at radius 1 is 1.26 bits per heavy atom. The molecule has 1 aromatic heterocycles. The second-order valence-electron chi connectivity index (χ2n) is 5.99. The highest BCUT2D eigenvalue weighted by molar-refractivity contribution is 5.92. The van der Waals surface area contributed by atoms with E-state index in [9.17, 15) is 4.79 Å². The molecule has 0 unspecified atom stereocenters. The van der Waals surface area contributed by atoms with Crippen molar-refractivity contribution in [3.05, 3.63) is 53.9 Å². The largest absolute Gasteiger partial charge is 0.349 e. The molecule has 1 aromatic carbocycles. The minimum atomic E-state index is -0.125. The van der Waals surface area contributed by atoms with Crippen molar-refractivity contribution in [2.24, 2.45) is 0 Å². The lowest BCUT2D eigenvalue weighted by molar-refractivity contribution is 0.0946. The molecule has 0 bridgehead atoms. The second-order valence-corrected chi connectivity index (χ2v) is 5.99. The molecule has 0 aliphatic carbocycles. The smallest absolute Gasteiger partial charge is 0.269 e. The summed E-state index contributed by atoms with van der Waals surface area (Å²) in [7, 11) is 3.96. The number of nitrogens with one attached hydrogen (secondary N) is 1. The minimum absolute atomic E-state index is 0.125. The topological polar surface area (TPSA) is 48.5 Å². The predicted molar refractivity (Wildman–Crippen MR) is 92.3 cm³/mol. The van der Waals surface area contributed by atoms with Crippen molar-refractivity contribution in [2.75, 3.05) is 38.6 Å². The first-order valence-corrected chi connectivity index (χ1v) is 7.89. The van der Waals surface area contributed by atoms with Crippen LogP contribution in [0.2, 0.25) is 0 Å².